The number of nitrogens with two attached hydrogens (primary N) is 1. The van der Waals surface area contributed by atoms with E-state index in [9.17, 15) is 14.7 Å². The van der Waals surface area contributed by atoms with Crippen molar-refractivity contribution in [2.24, 2.45) is 11.7 Å². The van der Waals surface area contributed by atoms with Crippen LogP contribution in [0.25, 0.3) is 0 Å². The Morgan fingerprint density at radius 2 is 2.33 bits per heavy atom. The quantitative estimate of drug-likeness (QED) is 0.443. The summed E-state index contributed by atoms with van der Waals surface area (Å²) in [7, 11) is 0. The van der Waals surface area contributed by atoms with Gasteiger partial charge in [-0.3, -0.25) is 9.59 Å². The summed E-state index contributed by atoms with van der Waals surface area (Å²) in [5.74, 6) is -1.95. The van der Waals surface area contributed by atoms with Gasteiger partial charge in [0.2, 0.25) is 0 Å². The zero-order valence-corrected chi connectivity index (χ0v) is 6.63. The molecule has 1 aliphatic heterocycles. The van der Waals surface area contributed by atoms with E-state index in [1.165, 1.54) is 0 Å². The van der Waals surface area contributed by atoms with Gasteiger partial charge >= 0.3 is 0 Å². The molecule has 1 aliphatic rings. The van der Waals surface area contributed by atoms with Crippen molar-refractivity contribution >= 4 is 11.8 Å². The average Bonchev–Trinajstić information content (AvgIpc) is 1.97. The number of hydrogen-bond donors (Lipinski definition) is 3. The van der Waals surface area contributed by atoms with Crippen molar-refractivity contribution in [1.82, 2.24) is 5.32 Å². The fourth-order valence-electron chi connectivity index (χ4n) is 1.03. The molecule has 1 atom stereocenters. The van der Waals surface area contributed by atoms with Gasteiger partial charge in [0.1, 0.15) is 11.3 Å². The third kappa shape index (κ3) is 1.25. The molecule has 4 N–H and O–H groups in total. The maximum Gasteiger partial charge on any atom is 0.260 e. The van der Waals surface area contributed by atoms with Gasteiger partial charge in [-0.1, -0.05) is 6.92 Å². The van der Waals surface area contributed by atoms with E-state index in [0.717, 1.165) is 0 Å². The zero-order valence-electron chi connectivity index (χ0n) is 6.63. The monoisotopic (exact) mass is 170 g/mol. The molecule has 5 nitrogen and oxygen atoms in total. The number of nitrogens with one attached hydrogen (secondary N) is 1. The predicted octanol–water partition coefficient (Wildman–Crippen LogP) is -0.950. The number of hydrogen-bond acceptors (Lipinski definition) is 3. The Morgan fingerprint density at radius 3 is 2.75 bits per heavy atom. The second-order valence-electron chi connectivity index (χ2n) is 2.74. The van der Waals surface area contributed by atoms with Gasteiger partial charge in [0.25, 0.3) is 11.8 Å². The zero-order chi connectivity index (χ0) is 9.30. The largest absolute Gasteiger partial charge is 0.511 e. The highest BCUT2D eigenvalue weighted by Gasteiger charge is 2.28. The average molecular weight is 170 g/mol. The number of rotatable bonds is 1. The van der Waals surface area contributed by atoms with Gasteiger partial charge in [0, 0.05) is 12.5 Å². The Labute approximate surface area is 69.2 Å². The van der Waals surface area contributed by atoms with Crippen LogP contribution in [0.1, 0.15) is 6.92 Å². The molecule has 0 aromatic carbocycles. The number of primary amides is 1. The van der Waals surface area contributed by atoms with Gasteiger partial charge in [-0.2, -0.15) is 0 Å². The van der Waals surface area contributed by atoms with Crippen LogP contribution in [0, 0.1) is 5.92 Å². The highest BCUT2D eigenvalue weighted by atomic mass is 16.3. The minimum atomic E-state index is -0.892. The fraction of sp³-hybridized carbons (Fsp3) is 0.429. The topological polar surface area (TPSA) is 92.4 Å². The lowest BCUT2D eigenvalue weighted by atomic mass is 10.00. The van der Waals surface area contributed by atoms with E-state index in [-0.39, 0.29) is 17.3 Å². The SMILES string of the molecule is CC1CNC(=O)C(C(N)=O)=C1O. The van der Waals surface area contributed by atoms with Crippen LogP contribution in [0.15, 0.2) is 11.3 Å². The van der Waals surface area contributed by atoms with Crippen LogP contribution in [0.3, 0.4) is 0 Å². The predicted molar refractivity (Wildman–Crippen MR) is 41.0 cm³/mol. The fourth-order valence-corrected chi connectivity index (χ4v) is 1.03. The second kappa shape index (κ2) is 2.84. The Morgan fingerprint density at radius 1 is 1.75 bits per heavy atom. The summed E-state index contributed by atoms with van der Waals surface area (Å²) < 4.78 is 0. The summed E-state index contributed by atoms with van der Waals surface area (Å²) in [5, 5.41) is 11.7. The minimum absolute atomic E-state index is 0.216. The molecule has 0 aromatic heterocycles. The molecule has 66 valence electrons. The molecular formula is C7H10N2O3. The normalized spacial score (nSPS) is 23.8. The van der Waals surface area contributed by atoms with Crippen molar-refractivity contribution in [3.63, 3.8) is 0 Å². The molecule has 0 radical (unpaired) electrons. The van der Waals surface area contributed by atoms with Crippen LogP contribution in [-0.4, -0.2) is 23.5 Å². The van der Waals surface area contributed by atoms with Crippen molar-refractivity contribution in [3.05, 3.63) is 11.3 Å². The third-order valence-electron chi connectivity index (χ3n) is 1.77. The van der Waals surface area contributed by atoms with E-state index in [1.807, 2.05) is 0 Å². The lowest BCUT2D eigenvalue weighted by Gasteiger charge is -2.20. The molecule has 1 rings (SSSR count). The number of aliphatic hydroxyl groups is 1. The van der Waals surface area contributed by atoms with Gasteiger partial charge in [-0.15, -0.1) is 0 Å². The first-order chi connectivity index (χ1) is 5.54. The van der Waals surface area contributed by atoms with E-state index in [0.29, 0.717) is 6.54 Å². The maximum atomic E-state index is 11.0. The number of carbonyl (C=O) groups is 2. The summed E-state index contributed by atoms with van der Waals surface area (Å²) >= 11 is 0. The molecule has 0 bridgehead atoms. The molecule has 0 aliphatic carbocycles. The van der Waals surface area contributed by atoms with E-state index in [1.54, 1.807) is 6.92 Å². The van der Waals surface area contributed by atoms with Crippen LogP contribution >= 0.6 is 0 Å². The molecule has 12 heavy (non-hydrogen) atoms. The number of aliphatic hydroxyl groups excluding tert-OH is 1. The molecule has 5 heteroatoms. The van der Waals surface area contributed by atoms with Crippen molar-refractivity contribution in [2.75, 3.05) is 6.54 Å². The van der Waals surface area contributed by atoms with Crippen molar-refractivity contribution in [3.8, 4) is 0 Å². The van der Waals surface area contributed by atoms with Gasteiger partial charge in [0.15, 0.2) is 0 Å². The van der Waals surface area contributed by atoms with Crippen molar-refractivity contribution in [1.29, 1.82) is 0 Å². The first kappa shape index (κ1) is 8.58. The maximum absolute atomic E-state index is 11.0. The molecule has 1 heterocycles. The molecular weight excluding hydrogens is 160 g/mol. The Kier molecular flexibility index (Phi) is 2.03. The summed E-state index contributed by atoms with van der Waals surface area (Å²) in [6.07, 6.45) is 0. The Balaban J connectivity index is 3.10. The first-order valence-electron chi connectivity index (χ1n) is 3.55. The molecule has 0 saturated heterocycles. The molecule has 0 spiro atoms. The lowest BCUT2D eigenvalue weighted by Crippen LogP contribution is -2.40. The summed E-state index contributed by atoms with van der Waals surface area (Å²) in [4.78, 5) is 21.6. The summed E-state index contributed by atoms with van der Waals surface area (Å²) in [6.45, 7) is 2.03. The number of carbonyl (C=O) groups excluding carboxylic acids is 2. The van der Waals surface area contributed by atoms with Gasteiger partial charge in [0.05, 0.1) is 0 Å². The third-order valence-corrected chi connectivity index (χ3v) is 1.77. The van der Waals surface area contributed by atoms with Crippen LogP contribution in [-0.2, 0) is 9.59 Å². The van der Waals surface area contributed by atoms with Crippen LogP contribution < -0.4 is 11.1 Å². The van der Waals surface area contributed by atoms with Crippen LogP contribution in [0.4, 0.5) is 0 Å². The first-order valence-corrected chi connectivity index (χ1v) is 3.55. The van der Waals surface area contributed by atoms with E-state index >= 15 is 0 Å². The smallest absolute Gasteiger partial charge is 0.260 e. The van der Waals surface area contributed by atoms with Crippen LogP contribution in [0.5, 0.6) is 0 Å². The molecule has 0 aromatic rings. The van der Waals surface area contributed by atoms with Gasteiger partial charge < -0.3 is 16.2 Å². The molecule has 0 fully saturated rings. The molecule has 2 amide bonds. The Bertz CT molecular complexity index is 270. The van der Waals surface area contributed by atoms with Gasteiger partial charge in [-0.05, 0) is 0 Å². The van der Waals surface area contributed by atoms with Crippen LogP contribution in [0.2, 0.25) is 0 Å². The van der Waals surface area contributed by atoms with Crippen molar-refractivity contribution in [2.45, 2.75) is 6.92 Å². The highest BCUT2D eigenvalue weighted by Crippen LogP contribution is 2.15. The second-order valence-corrected chi connectivity index (χ2v) is 2.74. The summed E-state index contributed by atoms with van der Waals surface area (Å²) in [5.41, 5.74) is 4.57. The van der Waals surface area contributed by atoms with Crippen molar-refractivity contribution < 1.29 is 14.7 Å². The Hall–Kier alpha value is -1.52. The standard InChI is InChI=1S/C7H10N2O3/c1-3-2-9-7(12)4(5(3)10)6(8)11/h3,10H,2H2,1H3,(H2,8,11)(H,9,12). The molecule has 0 saturated carbocycles. The number of amides is 2. The lowest BCUT2D eigenvalue weighted by molar-refractivity contribution is -0.123. The highest BCUT2D eigenvalue weighted by molar-refractivity contribution is 6.18. The van der Waals surface area contributed by atoms with E-state index < -0.39 is 11.8 Å². The molecule has 1 unspecified atom stereocenters. The van der Waals surface area contributed by atoms with E-state index in [4.69, 9.17) is 5.73 Å². The summed E-state index contributed by atoms with van der Waals surface area (Å²) in [6, 6.07) is 0. The van der Waals surface area contributed by atoms with E-state index in [2.05, 4.69) is 5.32 Å². The van der Waals surface area contributed by atoms with Gasteiger partial charge in [-0.25, -0.2) is 0 Å². The minimum Gasteiger partial charge on any atom is -0.511 e.